The molecule has 3 aromatic rings. The quantitative estimate of drug-likeness (QED) is 0.553. The summed E-state index contributed by atoms with van der Waals surface area (Å²) in [6, 6.07) is 9.41. The Balaban J connectivity index is 1.87. The highest BCUT2D eigenvalue weighted by molar-refractivity contribution is 6.03. The number of amides is 1. The zero-order chi connectivity index (χ0) is 23.3. The van der Waals surface area contributed by atoms with E-state index in [0.717, 1.165) is 0 Å². The Morgan fingerprint density at radius 2 is 1.94 bits per heavy atom. The number of carbonyl (C=O) groups excluding carboxylic acids is 1. The van der Waals surface area contributed by atoms with Crippen molar-refractivity contribution in [3.05, 3.63) is 54.0 Å². The summed E-state index contributed by atoms with van der Waals surface area (Å²) in [7, 11) is 4.75. The molecule has 1 aromatic carbocycles. The fourth-order valence-corrected chi connectivity index (χ4v) is 2.82. The van der Waals surface area contributed by atoms with Crippen LogP contribution in [0.15, 0.2) is 47.0 Å². The van der Waals surface area contributed by atoms with Crippen molar-refractivity contribution in [3.8, 4) is 17.2 Å². The van der Waals surface area contributed by atoms with E-state index in [2.05, 4.69) is 15.3 Å². The number of halogens is 3. The number of oxazole rings is 1. The number of aromatic nitrogens is 2. The summed E-state index contributed by atoms with van der Waals surface area (Å²) in [6.07, 6.45) is -3.57. The lowest BCUT2D eigenvalue weighted by molar-refractivity contribution is -0.141. The third-order valence-corrected chi connectivity index (χ3v) is 4.47. The van der Waals surface area contributed by atoms with Gasteiger partial charge < -0.3 is 24.1 Å². The Morgan fingerprint density at radius 1 is 1.19 bits per heavy atom. The molecule has 0 saturated heterocycles. The maximum atomic E-state index is 13.5. The van der Waals surface area contributed by atoms with Gasteiger partial charge in [0, 0.05) is 20.7 Å². The summed E-state index contributed by atoms with van der Waals surface area (Å²) in [6.45, 7) is 1.09. The van der Waals surface area contributed by atoms with Gasteiger partial charge in [0.1, 0.15) is 11.6 Å². The maximum absolute atomic E-state index is 13.5. The highest BCUT2D eigenvalue weighted by Gasteiger charge is 2.41. The van der Waals surface area contributed by atoms with Gasteiger partial charge in [-0.05, 0) is 24.3 Å². The summed E-state index contributed by atoms with van der Waals surface area (Å²) in [5.74, 6) is -1.58. The standard InChI is InChI=1S/C21H21F3N4O4/c1-28(10-11-30-2)16-9-8-13(12-25-16)26-19(29)17-18(21(22,23)24)27-20(32-17)14-6-4-5-7-15(14)31-3/h4-9,12H,10-11H2,1-3H3,(H,26,29). The number of methoxy groups -OCH3 is 2. The predicted molar refractivity (Wildman–Crippen MR) is 111 cm³/mol. The number of nitrogens with zero attached hydrogens (tertiary/aromatic N) is 3. The van der Waals surface area contributed by atoms with Crippen LogP contribution >= 0.6 is 0 Å². The first-order valence-electron chi connectivity index (χ1n) is 9.43. The molecular formula is C21H21F3N4O4. The molecule has 3 rings (SSSR count). The maximum Gasteiger partial charge on any atom is 0.437 e. The van der Waals surface area contributed by atoms with Crippen LogP contribution in [0.4, 0.5) is 24.7 Å². The lowest BCUT2D eigenvalue weighted by atomic mass is 10.2. The van der Waals surface area contributed by atoms with Gasteiger partial charge in [-0.3, -0.25) is 4.79 Å². The minimum absolute atomic E-state index is 0.185. The van der Waals surface area contributed by atoms with E-state index in [1.54, 1.807) is 31.4 Å². The molecule has 2 heterocycles. The van der Waals surface area contributed by atoms with Crippen molar-refractivity contribution in [2.24, 2.45) is 0 Å². The number of anilines is 2. The number of benzene rings is 1. The number of alkyl halides is 3. The molecule has 0 aliphatic carbocycles. The molecule has 0 saturated carbocycles. The summed E-state index contributed by atoms with van der Waals surface area (Å²) >= 11 is 0. The second-order valence-electron chi connectivity index (χ2n) is 6.67. The molecule has 0 unspecified atom stereocenters. The van der Waals surface area contributed by atoms with E-state index in [9.17, 15) is 18.0 Å². The van der Waals surface area contributed by atoms with Crippen LogP contribution in [0.5, 0.6) is 5.75 Å². The van der Waals surface area contributed by atoms with E-state index in [1.165, 1.54) is 25.4 Å². The molecule has 0 aliphatic heterocycles. The Morgan fingerprint density at radius 3 is 2.56 bits per heavy atom. The number of hydrogen-bond acceptors (Lipinski definition) is 7. The molecule has 32 heavy (non-hydrogen) atoms. The average molecular weight is 450 g/mol. The molecule has 8 nitrogen and oxygen atoms in total. The molecule has 0 spiro atoms. The van der Waals surface area contributed by atoms with Gasteiger partial charge in [0.2, 0.25) is 11.7 Å². The first-order chi connectivity index (χ1) is 15.2. The largest absolute Gasteiger partial charge is 0.496 e. The first kappa shape index (κ1) is 23.1. The Kier molecular flexibility index (Phi) is 6.98. The van der Waals surface area contributed by atoms with Gasteiger partial charge in [0.05, 0.1) is 31.2 Å². The third-order valence-electron chi connectivity index (χ3n) is 4.47. The molecule has 1 N–H and O–H groups in total. The second kappa shape index (κ2) is 9.69. The van der Waals surface area contributed by atoms with E-state index < -0.39 is 23.5 Å². The molecule has 170 valence electrons. The summed E-state index contributed by atoms with van der Waals surface area (Å²) in [5, 5.41) is 2.36. The van der Waals surface area contributed by atoms with E-state index >= 15 is 0 Å². The Hall–Kier alpha value is -3.60. The molecule has 2 aromatic heterocycles. The topological polar surface area (TPSA) is 89.7 Å². The van der Waals surface area contributed by atoms with Crippen LogP contribution in [-0.2, 0) is 10.9 Å². The highest BCUT2D eigenvalue weighted by Crippen LogP contribution is 2.37. The number of likely N-dealkylation sites (N-methyl/N-ethyl adjacent to an activating group) is 1. The fourth-order valence-electron chi connectivity index (χ4n) is 2.82. The van der Waals surface area contributed by atoms with Gasteiger partial charge in [-0.1, -0.05) is 12.1 Å². The number of hydrogen-bond donors (Lipinski definition) is 1. The van der Waals surface area contributed by atoms with Crippen LogP contribution in [0.25, 0.3) is 11.5 Å². The predicted octanol–water partition coefficient (Wildman–Crippen LogP) is 4.10. The molecule has 0 bridgehead atoms. The zero-order valence-electron chi connectivity index (χ0n) is 17.6. The minimum Gasteiger partial charge on any atom is -0.496 e. The summed E-state index contributed by atoms with van der Waals surface area (Å²) in [5.41, 5.74) is -1.05. The van der Waals surface area contributed by atoms with Crippen molar-refractivity contribution in [1.29, 1.82) is 0 Å². The summed E-state index contributed by atoms with van der Waals surface area (Å²) < 4.78 is 56.0. The lowest BCUT2D eigenvalue weighted by Gasteiger charge is -2.17. The van der Waals surface area contributed by atoms with E-state index in [-0.39, 0.29) is 22.9 Å². The van der Waals surface area contributed by atoms with E-state index in [0.29, 0.717) is 19.0 Å². The lowest BCUT2D eigenvalue weighted by Crippen LogP contribution is -2.23. The SMILES string of the molecule is COCCN(C)c1ccc(NC(=O)c2oc(-c3ccccc3OC)nc2C(F)(F)F)cn1. The third kappa shape index (κ3) is 5.17. The fraction of sp³-hybridized carbons (Fsp3) is 0.286. The van der Waals surface area contributed by atoms with Crippen molar-refractivity contribution in [2.75, 3.05) is 44.6 Å². The second-order valence-corrected chi connectivity index (χ2v) is 6.67. The van der Waals surface area contributed by atoms with Crippen molar-refractivity contribution < 1.29 is 31.9 Å². The van der Waals surface area contributed by atoms with Crippen molar-refractivity contribution >= 4 is 17.4 Å². The molecule has 0 radical (unpaired) electrons. The van der Waals surface area contributed by atoms with Crippen molar-refractivity contribution in [2.45, 2.75) is 6.18 Å². The van der Waals surface area contributed by atoms with Gasteiger partial charge in [-0.15, -0.1) is 0 Å². The van der Waals surface area contributed by atoms with Crippen LogP contribution in [0.3, 0.4) is 0 Å². The van der Waals surface area contributed by atoms with Crippen molar-refractivity contribution in [3.63, 3.8) is 0 Å². The Bertz CT molecular complexity index is 1070. The Labute approximate surface area is 182 Å². The smallest absolute Gasteiger partial charge is 0.437 e. The molecular weight excluding hydrogens is 429 g/mol. The summed E-state index contributed by atoms with van der Waals surface area (Å²) in [4.78, 5) is 22.2. The monoisotopic (exact) mass is 450 g/mol. The van der Waals surface area contributed by atoms with Crippen LogP contribution in [0.2, 0.25) is 0 Å². The molecule has 0 aliphatic rings. The van der Waals surface area contributed by atoms with Crippen LogP contribution in [-0.4, -0.2) is 50.3 Å². The molecule has 11 heteroatoms. The number of carbonyl (C=O) groups is 1. The number of pyridine rings is 1. The van der Waals surface area contributed by atoms with Gasteiger partial charge in [0.25, 0.3) is 5.91 Å². The van der Waals surface area contributed by atoms with Crippen molar-refractivity contribution in [1.82, 2.24) is 9.97 Å². The number of ether oxygens (including phenoxy) is 2. The van der Waals surface area contributed by atoms with Gasteiger partial charge in [-0.25, -0.2) is 9.97 Å². The van der Waals surface area contributed by atoms with Gasteiger partial charge in [0.15, 0.2) is 5.69 Å². The highest BCUT2D eigenvalue weighted by atomic mass is 19.4. The van der Waals surface area contributed by atoms with Crippen LogP contribution in [0.1, 0.15) is 16.2 Å². The number of para-hydroxylation sites is 1. The van der Waals surface area contributed by atoms with E-state index in [4.69, 9.17) is 13.9 Å². The van der Waals surface area contributed by atoms with Gasteiger partial charge >= 0.3 is 6.18 Å². The molecule has 0 fully saturated rings. The van der Waals surface area contributed by atoms with Gasteiger partial charge in [-0.2, -0.15) is 13.2 Å². The number of nitrogens with one attached hydrogen (secondary N) is 1. The zero-order valence-corrected chi connectivity index (χ0v) is 17.6. The first-order valence-corrected chi connectivity index (χ1v) is 9.43. The van der Waals surface area contributed by atoms with Crippen LogP contribution < -0.4 is 15.0 Å². The minimum atomic E-state index is -4.90. The van der Waals surface area contributed by atoms with E-state index in [1.807, 2.05) is 11.9 Å². The number of rotatable bonds is 8. The average Bonchev–Trinajstić information content (AvgIpc) is 3.24. The molecule has 0 atom stereocenters. The normalized spacial score (nSPS) is 11.3. The molecule has 1 amide bonds. The van der Waals surface area contributed by atoms with Crippen LogP contribution in [0, 0.1) is 0 Å².